The van der Waals surface area contributed by atoms with Gasteiger partial charge in [0, 0.05) is 31.3 Å². The third-order valence-electron chi connectivity index (χ3n) is 3.22. The standard InChI is InChI=1S/C15H9Cl4NOS/c16-8-1-2-12(13(19)6-8)15-20(14(21)7-22-15)11-4-9(17)3-10(18)5-11/h1-6,15H,7H2/t15-/m0/s1. The van der Waals surface area contributed by atoms with E-state index in [4.69, 9.17) is 46.4 Å². The first-order valence-corrected chi connectivity index (χ1v) is 8.86. The van der Waals surface area contributed by atoms with Crippen molar-refractivity contribution in [3.63, 3.8) is 0 Å². The van der Waals surface area contributed by atoms with Gasteiger partial charge < -0.3 is 0 Å². The van der Waals surface area contributed by atoms with Gasteiger partial charge in [-0.05, 0) is 30.3 Å². The molecule has 0 bridgehead atoms. The molecule has 1 aliphatic heterocycles. The van der Waals surface area contributed by atoms with E-state index in [-0.39, 0.29) is 11.3 Å². The van der Waals surface area contributed by atoms with Crippen molar-refractivity contribution in [1.82, 2.24) is 0 Å². The number of nitrogens with zero attached hydrogens (tertiary/aromatic N) is 1. The van der Waals surface area contributed by atoms with E-state index in [9.17, 15) is 4.79 Å². The van der Waals surface area contributed by atoms with E-state index in [0.29, 0.717) is 31.5 Å². The number of halogens is 4. The number of amides is 1. The molecule has 1 aliphatic rings. The highest BCUT2D eigenvalue weighted by Gasteiger charge is 2.35. The van der Waals surface area contributed by atoms with Crippen molar-refractivity contribution in [2.75, 3.05) is 10.7 Å². The molecule has 1 saturated heterocycles. The van der Waals surface area contributed by atoms with Gasteiger partial charge in [0.15, 0.2) is 0 Å². The summed E-state index contributed by atoms with van der Waals surface area (Å²) in [6.07, 6.45) is 0. The van der Waals surface area contributed by atoms with Gasteiger partial charge >= 0.3 is 0 Å². The zero-order valence-corrected chi connectivity index (χ0v) is 14.9. The zero-order chi connectivity index (χ0) is 15.9. The van der Waals surface area contributed by atoms with Crippen molar-refractivity contribution in [1.29, 1.82) is 0 Å². The van der Waals surface area contributed by atoms with Crippen molar-refractivity contribution >= 4 is 69.8 Å². The van der Waals surface area contributed by atoms with Crippen LogP contribution in [-0.2, 0) is 4.79 Å². The Morgan fingerprint density at radius 2 is 1.64 bits per heavy atom. The molecule has 0 radical (unpaired) electrons. The quantitative estimate of drug-likeness (QED) is 0.617. The lowest BCUT2D eigenvalue weighted by atomic mass is 10.2. The van der Waals surface area contributed by atoms with Crippen LogP contribution in [0.25, 0.3) is 0 Å². The lowest BCUT2D eigenvalue weighted by Crippen LogP contribution is -2.28. The van der Waals surface area contributed by atoms with Gasteiger partial charge in [-0.2, -0.15) is 0 Å². The van der Waals surface area contributed by atoms with E-state index in [0.717, 1.165) is 5.56 Å². The lowest BCUT2D eigenvalue weighted by molar-refractivity contribution is -0.115. The molecule has 114 valence electrons. The first kappa shape index (κ1) is 16.3. The van der Waals surface area contributed by atoms with Crippen LogP contribution in [0.3, 0.4) is 0 Å². The minimum absolute atomic E-state index is 0.0145. The average molecular weight is 393 g/mol. The average Bonchev–Trinajstić information content (AvgIpc) is 2.79. The summed E-state index contributed by atoms with van der Waals surface area (Å²) in [7, 11) is 0. The summed E-state index contributed by atoms with van der Waals surface area (Å²) in [6, 6.07) is 10.3. The van der Waals surface area contributed by atoms with E-state index >= 15 is 0 Å². The van der Waals surface area contributed by atoms with Gasteiger partial charge in [0.1, 0.15) is 5.37 Å². The number of carbonyl (C=O) groups is 1. The maximum atomic E-state index is 12.3. The first-order chi connectivity index (χ1) is 10.5. The van der Waals surface area contributed by atoms with Crippen LogP contribution in [0.15, 0.2) is 36.4 Å². The number of carbonyl (C=O) groups excluding carboxylic acids is 1. The highest BCUT2D eigenvalue weighted by atomic mass is 35.5. The van der Waals surface area contributed by atoms with Crippen molar-refractivity contribution in [2.24, 2.45) is 0 Å². The van der Waals surface area contributed by atoms with Gasteiger partial charge in [0.2, 0.25) is 5.91 Å². The van der Waals surface area contributed by atoms with Crippen molar-refractivity contribution < 1.29 is 4.79 Å². The number of thioether (sulfide) groups is 1. The van der Waals surface area contributed by atoms with E-state index < -0.39 is 0 Å². The Balaban J connectivity index is 2.05. The summed E-state index contributed by atoms with van der Waals surface area (Å²) in [5.74, 6) is 0.354. The Morgan fingerprint density at radius 1 is 0.955 bits per heavy atom. The molecule has 1 amide bonds. The van der Waals surface area contributed by atoms with Crippen LogP contribution in [0.5, 0.6) is 0 Å². The molecule has 0 N–H and O–H groups in total. The normalized spacial score (nSPS) is 18.1. The Labute approximate surface area is 152 Å². The highest BCUT2D eigenvalue weighted by molar-refractivity contribution is 8.00. The fourth-order valence-electron chi connectivity index (χ4n) is 2.31. The second-order valence-corrected chi connectivity index (χ2v) is 7.51. The predicted molar refractivity (Wildman–Crippen MR) is 95.6 cm³/mol. The SMILES string of the molecule is O=C1CS[C@@H](c2ccc(Cl)cc2Cl)N1c1cc(Cl)cc(Cl)c1. The second-order valence-electron chi connectivity index (χ2n) is 4.72. The maximum Gasteiger partial charge on any atom is 0.238 e. The summed E-state index contributed by atoms with van der Waals surface area (Å²) in [5.41, 5.74) is 1.49. The Bertz CT molecular complexity index is 732. The molecular formula is C15H9Cl4NOS. The number of hydrogen-bond acceptors (Lipinski definition) is 2. The molecule has 0 aromatic heterocycles. The second kappa shape index (κ2) is 6.50. The largest absolute Gasteiger partial charge is 0.295 e. The van der Waals surface area contributed by atoms with Crippen molar-refractivity contribution in [3.8, 4) is 0 Å². The molecule has 22 heavy (non-hydrogen) atoms. The monoisotopic (exact) mass is 391 g/mol. The summed E-state index contributed by atoms with van der Waals surface area (Å²) in [4.78, 5) is 14.0. The molecule has 2 nitrogen and oxygen atoms in total. The molecule has 2 aromatic carbocycles. The molecule has 3 rings (SSSR count). The minimum atomic E-state index is -0.230. The summed E-state index contributed by atoms with van der Waals surface area (Å²) in [6.45, 7) is 0. The van der Waals surface area contributed by atoms with Crippen LogP contribution >= 0.6 is 58.2 Å². The van der Waals surface area contributed by atoms with Gasteiger partial charge in [-0.25, -0.2) is 0 Å². The predicted octanol–water partition coefficient (Wildman–Crippen LogP) is 6.08. The molecule has 0 saturated carbocycles. The fourth-order valence-corrected chi connectivity index (χ4v) is 4.62. The van der Waals surface area contributed by atoms with Gasteiger partial charge in [-0.1, -0.05) is 52.5 Å². The number of rotatable bonds is 2. The smallest absolute Gasteiger partial charge is 0.238 e. The number of hydrogen-bond donors (Lipinski definition) is 0. The molecule has 0 unspecified atom stereocenters. The maximum absolute atomic E-state index is 12.3. The van der Waals surface area contributed by atoms with E-state index in [2.05, 4.69) is 0 Å². The highest BCUT2D eigenvalue weighted by Crippen LogP contribution is 2.45. The van der Waals surface area contributed by atoms with Crippen LogP contribution in [0.2, 0.25) is 20.1 Å². The van der Waals surface area contributed by atoms with E-state index in [1.807, 2.05) is 6.07 Å². The molecule has 1 fully saturated rings. The third-order valence-corrected chi connectivity index (χ3v) is 5.41. The van der Waals surface area contributed by atoms with Gasteiger partial charge in [0.05, 0.1) is 5.75 Å². The van der Waals surface area contributed by atoms with Crippen LogP contribution in [-0.4, -0.2) is 11.7 Å². The molecule has 0 spiro atoms. The minimum Gasteiger partial charge on any atom is -0.295 e. The fraction of sp³-hybridized carbons (Fsp3) is 0.133. The molecule has 1 heterocycles. The Hall–Kier alpha value is -0.580. The third kappa shape index (κ3) is 3.19. The molecule has 0 aliphatic carbocycles. The Morgan fingerprint density at radius 3 is 2.27 bits per heavy atom. The van der Waals surface area contributed by atoms with Gasteiger partial charge in [-0.15, -0.1) is 11.8 Å². The van der Waals surface area contributed by atoms with Crippen molar-refractivity contribution in [2.45, 2.75) is 5.37 Å². The Kier molecular flexibility index (Phi) is 4.81. The first-order valence-electron chi connectivity index (χ1n) is 6.30. The van der Waals surface area contributed by atoms with E-state index in [1.54, 1.807) is 35.2 Å². The number of anilines is 1. The topological polar surface area (TPSA) is 20.3 Å². The van der Waals surface area contributed by atoms with Crippen LogP contribution in [0.4, 0.5) is 5.69 Å². The van der Waals surface area contributed by atoms with Crippen LogP contribution in [0.1, 0.15) is 10.9 Å². The molecule has 1 atom stereocenters. The van der Waals surface area contributed by atoms with Crippen LogP contribution in [0, 0.1) is 0 Å². The lowest BCUT2D eigenvalue weighted by Gasteiger charge is -2.25. The van der Waals surface area contributed by atoms with Gasteiger partial charge in [-0.3, -0.25) is 9.69 Å². The summed E-state index contributed by atoms with van der Waals surface area (Å²) >= 11 is 25.8. The molecular weight excluding hydrogens is 384 g/mol. The van der Waals surface area contributed by atoms with Crippen molar-refractivity contribution in [3.05, 3.63) is 62.1 Å². The van der Waals surface area contributed by atoms with Gasteiger partial charge in [0.25, 0.3) is 0 Å². The van der Waals surface area contributed by atoms with E-state index in [1.165, 1.54) is 11.8 Å². The zero-order valence-electron chi connectivity index (χ0n) is 11.0. The molecule has 2 aromatic rings. The van der Waals surface area contributed by atoms with Crippen LogP contribution < -0.4 is 4.90 Å². The summed E-state index contributed by atoms with van der Waals surface area (Å²) < 4.78 is 0. The molecule has 7 heteroatoms. The summed E-state index contributed by atoms with van der Waals surface area (Å²) in [5, 5.41) is 1.81. The number of benzene rings is 2.